The molecule has 66 valence electrons. The third-order valence-electron chi connectivity index (χ3n) is 0.851. The van der Waals surface area contributed by atoms with Gasteiger partial charge in [-0.3, -0.25) is 11.7 Å². The van der Waals surface area contributed by atoms with Crippen molar-refractivity contribution >= 4 is 22.7 Å². The molecule has 0 atom stereocenters. The van der Waals surface area contributed by atoms with E-state index in [1.165, 1.54) is 0 Å². The summed E-state index contributed by atoms with van der Waals surface area (Å²) in [4.78, 5) is 0. The molecule has 0 aliphatic carbocycles. The normalized spacial score (nSPS) is 7.17. The van der Waals surface area contributed by atoms with Gasteiger partial charge in [-0.15, -0.1) is 0 Å². The Morgan fingerprint density at radius 2 is 0.833 bits per heavy atom. The highest BCUT2D eigenvalue weighted by Crippen LogP contribution is 1.92. The topological polar surface area (TPSA) is 52.0 Å². The Kier molecular flexibility index (Phi) is 9.74. The lowest BCUT2D eigenvalue weighted by atomic mass is 10.7. The van der Waals surface area contributed by atoms with Crippen molar-refractivity contribution in [3.63, 3.8) is 0 Å². The molecule has 0 unspecified atom stereocenters. The van der Waals surface area contributed by atoms with E-state index in [-0.39, 0.29) is 0 Å². The molecule has 4 N–H and O–H groups in total. The Hall–Kier alpha value is -0.680. The molecule has 0 saturated carbocycles. The molecule has 0 aliphatic heterocycles. The zero-order valence-electron chi connectivity index (χ0n) is 6.59. The third kappa shape index (κ3) is 7.43. The number of hydrazine groups is 1. The van der Waals surface area contributed by atoms with Gasteiger partial charge in [0, 0.05) is 0 Å². The summed E-state index contributed by atoms with van der Waals surface area (Å²) in [6, 6.07) is 8.07. The molecule has 0 radical (unpaired) electrons. The maximum absolute atomic E-state index is 4.00. The highest BCUT2D eigenvalue weighted by atomic mass is 32.1. The van der Waals surface area contributed by atoms with Gasteiger partial charge in [0.1, 0.15) is 0 Å². The van der Waals surface area contributed by atoms with Crippen LogP contribution in [0.5, 0.6) is 0 Å². The van der Waals surface area contributed by atoms with E-state index < -0.39 is 0 Å². The van der Waals surface area contributed by atoms with E-state index in [9.17, 15) is 0 Å². The molecule has 0 saturated heterocycles. The van der Waals surface area contributed by atoms with Crippen LogP contribution in [0.1, 0.15) is 0 Å². The Balaban J connectivity index is 0.000000168. The second-order valence-electron chi connectivity index (χ2n) is 1.59. The van der Waals surface area contributed by atoms with E-state index >= 15 is 0 Å². The molecule has 12 heavy (non-hydrogen) atoms. The summed E-state index contributed by atoms with van der Waals surface area (Å²) in [6.07, 6.45) is 0. The van der Waals surface area contributed by atoms with E-state index in [1.54, 1.807) is 22.7 Å². The fourth-order valence-corrected chi connectivity index (χ4v) is 1.36. The maximum Gasteiger partial charge on any atom is -0.00934 e. The third-order valence-corrected chi connectivity index (χ3v) is 2.11. The minimum absolute atomic E-state index is 1.71. The zero-order chi connectivity index (χ0) is 9.07. The van der Waals surface area contributed by atoms with Gasteiger partial charge in [-0.2, -0.15) is 22.7 Å². The second kappa shape index (κ2) is 10.3. The predicted molar refractivity (Wildman–Crippen MR) is 57.0 cm³/mol. The molecule has 0 amide bonds. The van der Waals surface area contributed by atoms with E-state index in [0.717, 1.165) is 0 Å². The smallest absolute Gasteiger partial charge is 0.00934 e. The molecule has 2 aromatic rings. The van der Waals surface area contributed by atoms with E-state index in [4.69, 9.17) is 0 Å². The van der Waals surface area contributed by atoms with E-state index in [2.05, 4.69) is 11.7 Å². The Morgan fingerprint density at radius 3 is 0.917 bits per heavy atom. The first-order valence-electron chi connectivity index (χ1n) is 3.28. The van der Waals surface area contributed by atoms with Gasteiger partial charge >= 0.3 is 0 Å². The molecule has 2 nitrogen and oxygen atoms in total. The number of hydrogen-bond acceptors (Lipinski definition) is 4. The largest absolute Gasteiger partial charge is 0.274 e. The van der Waals surface area contributed by atoms with Crippen LogP contribution < -0.4 is 11.7 Å². The SMILES string of the molecule is NN.c1ccsc1.c1ccsc1. The average Bonchev–Trinajstić information content (AvgIpc) is 2.87. The minimum atomic E-state index is 1.71. The van der Waals surface area contributed by atoms with E-state index in [0.29, 0.717) is 0 Å². The molecule has 0 fully saturated rings. The van der Waals surface area contributed by atoms with Crippen molar-refractivity contribution in [3.8, 4) is 0 Å². The Labute approximate surface area is 80.4 Å². The summed E-state index contributed by atoms with van der Waals surface area (Å²) >= 11 is 3.43. The first-order valence-corrected chi connectivity index (χ1v) is 5.16. The Morgan fingerprint density at radius 1 is 0.583 bits per heavy atom. The van der Waals surface area contributed by atoms with Crippen LogP contribution in [0.15, 0.2) is 45.8 Å². The minimum Gasteiger partial charge on any atom is -0.274 e. The maximum atomic E-state index is 4.00. The molecule has 2 heterocycles. The summed E-state index contributed by atoms with van der Waals surface area (Å²) in [5.41, 5.74) is 0. The van der Waals surface area contributed by atoms with Crippen molar-refractivity contribution in [3.05, 3.63) is 45.8 Å². The lowest BCUT2D eigenvalue weighted by Crippen LogP contribution is -2.02. The van der Waals surface area contributed by atoms with Crippen molar-refractivity contribution in [2.24, 2.45) is 11.7 Å². The van der Waals surface area contributed by atoms with Gasteiger partial charge in [-0.25, -0.2) is 0 Å². The molecule has 2 aromatic heterocycles. The van der Waals surface area contributed by atoms with Crippen molar-refractivity contribution < 1.29 is 0 Å². The molecular formula is C8H12N2S2. The summed E-state index contributed by atoms with van der Waals surface area (Å²) < 4.78 is 0. The number of nitrogens with two attached hydrogens (primary N) is 2. The van der Waals surface area contributed by atoms with Crippen LogP contribution in [0, 0.1) is 0 Å². The monoisotopic (exact) mass is 200 g/mol. The van der Waals surface area contributed by atoms with Crippen molar-refractivity contribution in [2.45, 2.75) is 0 Å². The second-order valence-corrected chi connectivity index (χ2v) is 3.22. The van der Waals surface area contributed by atoms with Crippen molar-refractivity contribution in [1.82, 2.24) is 0 Å². The fourth-order valence-electron chi connectivity index (χ4n) is 0.454. The lowest BCUT2D eigenvalue weighted by molar-refractivity contribution is 1.26. The fraction of sp³-hybridized carbons (Fsp3) is 0. The van der Waals surface area contributed by atoms with Gasteiger partial charge in [-0.1, -0.05) is 24.3 Å². The first-order chi connectivity index (χ1) is 6.00. The molecule has 2 rings (SSSR count). The number of rotatable bonds is 0. The van der Waals surface area contributed by atoms with Crippen LogP contribution in [0.2, 0.25) is 0 Å². The first kappa shape index (κ1) is 11.3. The van der Waals surface area contributed by atoms with Crippen LogP contribution >= 0.6 is 22.7 Å². The van der Waals surface area contributed by atoms with E-state index in [1.807, 2.05) is 45.8 Å². The van der Waals surface area contributed by atoms with Gasteiger partial charge in [0.15, 0.2) is 0 Å². The van der Waals surface area contributed by atoms with Gasteiger partial charge in [0.25, 0.3) is 0 Å². The number of thiophene rings is 2. The van der Waals surface area contributed by atoms with Crippen LogP contribution in [0.3, 0.4) is 0 Å². The molecular weight excluding hydrogens is 188 g/mol. The van der Waals surface area contributed by atoms with Crippen LogP contribution in [-0.4, -0.2) is 0 Å². The summed E-state index contributed by atoms with van der Waals surface area (Å²) in [5, 5.41) is 8.17. The molecule has 0 spiro atoms. The van der Waals surface area contributed by atoms with Crippen molar-refractivity contribution in [2.75, 3.05) is 0 Å². The summed E-state index contributed by atoms with van der Waals surface area (Å²) in [6.45, 7) is 0. The highest BCUT2D eigenvalue weighted by molar-refractivity contribution is 7.08. The predicted octanol–water partition coefficient (Wildman–Crippen LogP) is 2.32. The summed E-state index contributed by atoms with van der Waals surface area (Å²) in [7, 11) is 0. The molecule has 4 heteroatoms. The standard InChI is InChI=1S/2C4H4S.H4N2/c2*1-2-4-5-3-1;1-2/h2*1-4H;1-2H2. The quantitative estimate of drug-likeness (QED) is 0.506. The molecule has 0 aromatic carbocycles. The van der Waals surface area contributed by atoms with Crippen LogP contribution in [-0.2, 0) is 0 Å². The van der Waals surface area contributed by atoms with Crippen molar-refractivity contribution in [1.29, 1.82) is 0 Å². The zero-order valence-corrected chi connectivity index (χ0v) is 8.22. The van der Waals surface area contributed by atoms with Gasteiger partial charge in [0.05, 0.1) is 0 Å². The molecule has 0 aliphatic rings. The van der Waals surface area contributed by atoms with Crippen LogP contribution in [0.4, 0.5) is 0 Å². The molecule has 0 bridgehead atoms. The number of hydrogen-bond donors (Lipinski definition) is 2. The van der Waals surface area contributed by atoms with Gasteiger partial charge < -0.3 is 0 Å². The van der Waals surface area contributed by atoms with Crippen LogP contribution in [0.25, 0.3) is 0 Å². The van der Waals surface area contributed by atoms with Gasteiger partial charge in [0.2, 0.25) is 0 Å². The highest BCUT2D eigenvalue weighted by Gasteiger charge is 1.59. The Bertz CT molecular complexity index is 154. The average molecular weight is 200 g/mol. The lowest BCUT2D eigenvalue weighted by Gasteiger charge is -1.39. The summed E-state index contributed by atoms with van der Waals surface area (Å²) in [5.74, 6) is 8.00. The van der Waals surface area contributed by atoms with Gasteiger partial charge in [-0.05, 0) is 21.5 Å².